The molecule has 6 heteroatoms. The molecule has 68 heavy (non-hydrogen) atoms. The summed E-state index contributed by atoms with van der Waals surface area (Å²) in [6.45, 7) is 6.69. The second kappa shape index (κ2) is 57.7. The van der Waals surface area contributed by atoms with Crippen molar-refractivity contribution < 1.29 is 28.6 Å². The molecule has 0 aliphatic heterocycles. The van der Waals surface area contributed by atoms with Gasteiger partial charge in [-0.3, -0.25) is 14.4 Å². The van der Waals surface area contributed by atoms with E-state index in [4.69, 9.17) is 14.2 Å². The van der Waals surface area contributed by atoms with E-state index < -0.39 is 6.10 Å². The average molecular weight is 960 g/mol. The van der Waals surface area contributed by atoms with Gasteiger partial charge in [-0.1, -0.05) is 296 Å². The summed E-state index contributed by atoms with van der Waals surface area (Å²) in [5.74, 6) is -0.839. The Labute approximate surface area is 424 Å². The molecule has 0 aromatic rings. The van der Waals surface area contributed by atoms with Gasteiger partial charge in [0.15, 0.2) is 6.10 Å². The lowest BCUT2D eigenvalue weighted by Crippen LogP contribution is -2.30. The summed E-state index contributed by atoms with van der Waals surface area (Å²) >= 11 is 0. The fourth-order valence-electron chi connectivity index (χ4n) is 9.38. The molecule has 0 aliphatic rings. The zero-order valence-corrected chi connectivity index (χ0v) is 46.2. The van der Waals surface area contributed by atoms with E-state index in [0.29, 0.717) is 19.3 Å². The molecule has 0 amide bonds. The molecule has 0 rings (SSSR count). The summed E-state index contributed by atoms with van der Waals surface area (Å²) in [6.07, 6.45) is 66.5. The Hall–Kier alpha value is -1.85. The second-order valence-corrected chi connectivity index (χ2v) is 21.0. The lowest BCUT2D eigenvalue weighted by Gasteiger charge is -2.18. The van der Waals surface area contributed by atoms with Crippen LogP contribution in [0.5, 0.6) is 0 Å². The van der Waals surface area contributed by atoms with E-state index in [1.807, 2.05) is 0 Å². The maximum Gasteiger partial charge on any atom is 0.306 e. The Kier molecular flexibility index (Phi) is 56.2. The van der Waals surface area contributed by atoms with Crippen molar-refractivity contribution in [1.82, 2.24) is 0 Å². The molecule has 0 saturated carbocycles. The van der Waals surface area contributed by atoms with E-state index in [0.717, 1.165) is 57.8 Å². The number of allylic oxidation sites excluding steroid dienone is 2. The standard InChI is InChI=1S/C62H118O6/c1-4-7-10-13-16-19-22-24-26-27-28-29-30-31-32-33-34-35-36-38-40-43-46-49-52-55-61(64)67-58-59(57-66-60(63)54-51-48-45-42-39-21-18-15-12-9-6-3)68-62(65)56-53-50-47-44-41-37-25-23-20-17-14-11-8-5-2/h27-28,59H,4-26,29-58H2,1-3H3/b28-27-. The Bertz CT molecular complexity index is 1060. The van der Waals surface area contributed by atoms with Gasteiger partial charge in [-0.15, -0.1) is 0 Å². The molecule has 0 radical (unpaired) electrons. The van der Waals surface area contributed by atoms with E-state index in [1.54, 1.807) is 0 Å². The number of rotatable bonds is 57. The lowest BCUT2D eigenvalue weighted by atomic mass is 10.0. The molecule has 0 N–H and O–H groups in total. The molecule has 0 aliphatic carbocycles. The minimum Gasteiger partial charge on any atom is -0.462 e. The highest BCUT2D eigenvalue weighted by molar-refractivity contribution is 5.71. The van der Waals surface area contributed by atoms with Gasteiger partial charge in [-0.25, -0.2) is 0 Å². The van der Waals surface area contributed by atoms with Crippen LogP contribution in [0.1, 0.15) is 348 Å². The monoisotopic (exact) mass is 959 g/mol. The SMILES string of the molecule is CCCCCCCCCC/C=C\CCCCCCCCCCCCCCCC(=O)OCC(COC(=O)CCCCCCCCCCCCC)OC(=O)CCCCCCCCCCCCCCCC. The first-order valence-corrected chi connectivity index (χ1v) is 30.7. The highest BCUT2D eigenvalue weighted by Gasteiger charge is 2.19. The summed E-state index contributed by atoms with van der Waals surface area (Å²) in [6, 6.07) is 0. The third kappa shape index (κ3) is 55.1. The first kappa shape index (κ1) is 66.2. The van der Waals surface area contributed by atoms with Gasteiger partial charge in [0.1, 0.15) is 13.2 Å². The van der Waals surface area contributed by atoms with Crippen LogP contribution in [0.25, 0.3) is 0 Å². The van der Waals surface area contributed by atoms with Crippen LogP contribution in [-0.4, -0.2) is 37.2 Å². The van der Waals surface area contributed by atoms with E-state index in [9.17, 15) is 14.4 Å². The third-order valence-electron chi connectivity index (χ3n) is 14.0. The maximum absolute atomic E-state index is 12.8. The molecule has 6 nitrogen and oxygen atoms in total. The van der Waals surface area contributed by atoms with E-state index in [-0.39, 0.29) is 31.1 Å². The number of carbonyl (C=O) groups excluding carboxylic acids is 3. The van der Waals surface area contributed by atoms with Crippen LogP contribution in [-0.2, 0) is 28.6 Å². The Morgan fingerprint density at radius 1 is 0.279 bits per heavy atom. The molecule has 0 fully saturated rings. The van der Waals surface area contributed by atoms with Gasteiger partial charge in [-0.05, 0) is 44.9 Å². The molecule has 0 aromatic carbocycles. The highest BCUT2D eigenvalue weighted by atomic mass is 16.6. The fraction of sp³-hybridized carbons (Fsp3) is 0.919. The van der Waals surface area contributed by atoms with Crippen LogP contribution in [0.3, 0.4) is 0 Å². The first-order chi connectivity index (χ1) is 33.5. The first-order valence-electron chi connectivity index (χ1n) is 30.7. The zero-order valence-electron chi connectivity index (χ0n) is 46.2. The highest BCUT2D eigenvalue weighted by Crippen LogP contribution is 2.17. The normalized spacial score (nSPS) is 12.0. The Morgan fingerprint density at radius 3 is 0.735 bits per heavy atom. The molecular weight excluding hydrogens is 841 g/mol. The molecule has 0 spiro atoms. The summed E-state index contributed by atoms with van der Waals surface area (Å²) in [7, 11) is 0. The third-order valence-corrected chi connectivity index (χ3v) is 14.0. The van der Waals surface area contributed by atoms with Gasteiger partial charge in [-0.2, -0.15) is 0 Å². The van der Waals surface area contributed by atoms with Crippen LogP contribution in [0, 0.1) is 0 Å². The molecule has 1 atom stereocenters. The van der Waals surface area contributed by atoms with Crippen molar-refractivity contribution in [1.29, 1.82) is 0 Å². The maximum atomic E-state index is 12.8. The van der Waals surface area contributed by atoms with Gasteiger partial charge in [0.2, 0.25) is 0 Å². The van der Waals surface area contributed by atoms with Crippen molar-refractivity contribution in [3.8, 4) is 0 Å². The summed E-state index contributed by atoms with van der Waals surface area (Å²) < 4.78 is 16.9. The van der Waals surface area contributed by atoms with Crippen molar-refractivity contribution in [2.45, 2.75) is 354 Å². The zero-order chi connectivity index (χ0) is 49.3. The molecular formula is C62H118O6. The quantitative estimate of drug-likeness (QED) is 0.0262. The molecule has 0 heterocycles. The summed E-state index contributed by atoms with van der Waals surface area (Å²) in [5.41, 5.74) is 0. The second-order valence-electron chi connectivity index (χ2n) is 21.0. The van der Waals surface area contributed by atoms with Gasteiger partial charge in [0.25, 0.3) is 0 Å². The van der Waals surface area contributed by atoms with E-state index in [2.05, 4.69) is 32.9 Å². The van der Waals surface area contributed by atoms with Gasteiger partial charge in [0.05, 0.1) is 0 Å². The van der Waals surface area contributed by atoms with Crippen LogP contribution < -0.4 is 0 Å². The number of hydrogen-bond acceptors (Lipinski definition) is 6. The van der Waals surface area contributed by atoms with Gasteiger partial charge in [0, 0.05) is 19.3 Å². The number of hydrogen-bond donors (Lipinski definition) is 0. The molecule has 402 valence electrons. The predicted octanol–water partition coefficient (Wildman–Crippen LogP) is 20.5. The van der Waals surface area contributed by atoms with Gasteiger partial charge >= 0.3 is 17.9 Å². The molecule has 1 unspecified atom stereocenters. The number of carbonyl (C=O) groups is 3. The van der Waals surface area contributed by atoms with Crippen molar-refractivity contribution in [2.75, 3.05) is 13.2 Å². The summed E-state index contributed by atoms with van der Waals surface area (Å²) in [4.78, 5) is 38.1. The topological polar surface area (TPSA) is 78.9 Å². The van der Waals surface area contributed by atoms with Gasteiger partial charge < -0.3 is 14.2 Å². The number of esters is 3. The smallest absolute Gasteiger partial charge is 0.306 e. The average Bonchev–Trinajstić information content (AvgIpc) is 3.34. The fourth-order valence-corrected chi connectivity index (χ4v) is 9.38. The van der Waals surface area contributed by atoms with Crippen LogP contribution in [0.2, 0.25) is 0 Å². The molecule has 0 bridgehead atoms. The Morgan fingerprint density at radius 2 is 0.485 bits per heavy atom. The van der Waals surface area contributed by atoms with Crippen molar-refractivity contribution in [3.05, 3.63) is 12.2 Å². The molecule has 0 aromatic heterocycles. The lowest BCUT2D eigenvalue weighted by molar-refractivity contribution is -0.167. The minimum atomic E-state index is -0.763. The Balaban J connectivity index is 4.16. The van der Waals surface area contributed by atoms with Crippen LogP contribution in [0.4, 0.5) is 0 Å². The number of unbranched alkanes of at least 4 members (excludes halogenated alkanes) is 44. The van der Waals surface area contributed by atoms with E-state index in [1.165, 1.54) is 250 Å². The van der Waals surface area contributed by atoms with Crippen molar-refractivity contribution in [3.63, 3.8) is 0 Å². The minimum absolute atomic E-state index is 0.0635. The summed E-state index contributed by atoms with van der Waals surface area (Å²) in [5, 5.41) is 0. The largest absolute Gasteiger partial charge is 0.462 e. The van der Waals surface area contributed by atoms with Crippen LogP contribution in [0.15, 0.2) is 12.2 Å². The predicted molar refractivity (Wildman–Crippen MR) is 293 cm³/mol. The van der Waals surface area contributed by atoms with E-state index >= 15 is 0 Å². The molecule has 0 saturated heterocycles. The van der Waals surface area contributed by atoms with Crippen molar-refractivity contribution in [2.24, 2.45) is 0 Å². The number of ether oxygens (including phenoxy) is 3. The van der Waals surface area contributed by atoms with Crippen LogP contribution >= 0.6 is 0 Å². The van der Waals surface area contributed by atoms with Crippen molar-refractivity contribution >= 4 is 17.9 Å².